The third kappa shape index (κ3) is 5.31. The van der Waals surface area contributed by atoms with E-state index in [1.54, 1.807) is 26.4 Å². The van der Waals surface area contributed by atoms with Crippen molar-refractivity contribution in [1.29, 1.82) is 0 Å². The van der Waals surface area contributed by atoms with Gasteiger partial charge < -0.3 is 14.0 Å². The maximum Gasteiger partial charge on any atom is 0.240 e. The number of benzene rings is 5. The average molecular weight is 641 g/mol. The van der Waals surface area contributed by atoms with E-state index in [0.29, 0.717) is 6.42 Å². The highest BCUT2D eigenvalue weighted by Crippen LogP contribution is 2.51. The van der Waals surface area contributed by atoms with Gasteiger partial charge in [0.2, 0.25) is 10.0 Å². The Morgan fingerprint density at radius 1 is 0.723 bits per heavy atom. The van der Waals surface area contributed by atoms with E-state index in [-0.39, 0.29) is 11.4 Å². The van der Waals surface area contributed by atoms with Crippen LogP contribution in [0.3, 0.4) is 0 Å². The molecule has 6 nitrogen and oxygen atoms in total. The predicted octanol–water partition coefficient (Wildman–Crippen LogP) is 7.73. The molecule has 0 spiro atoms. The van der Waals surface area contributed by atoms with Crippen LogP contribution in [0, 0.1) is 6.92 Å². The van der Waals surface area contributed by atoms with Gasteiger partial charge in [-0.05, 0) is 84.1 Å². The molecule has 0 aliphatic carbocycles. The number of aryl methyl sites for hydroxylation is 1. The number of nitrogens with one attached hydrogen (secondary N) is 1. The molecule has 2 heterocycles. The molecule has 1 aliphatic heterocycles. The van der Waals surface area contributed by atoms with Gasteiger partial charge >= 0.3 is 0 Å². The summed E-state index contributed by atoms with van der Waals surface area (Å²) in [7, 11) is -0.367. The van der Waals surface area contributed by atoms with Crippen LogP contribution in [0.15, 0.2) is 138 Å². The quantitative estimate of drug-likeness (QED) is 0.166. The van der Waals surface area contributed by atoms with Gasteiger partial charge in [0.05, 0.1) is 30.3 Å². The van der Waals surface area contributed by atoms with E-state index >= 15 is 0 Å². The number of hydrogen-bond donors (Lipinski definition) is 1. The molecule has 236 valence electrons. The molecular weight excluding hydrogens is 605 g/mol. The molecule has 7 heteroatoms. The maximum absolute atomic E-state index is 13.3. The Balaban J connectivity index is 1.47. The first-order chi connectivity index (χ1) is 22.9. The first-order valence-electron chi connectivity index (χ1n) is 15.6. The number of methoxy groups -OCH3 is 2. The van der Waals surface area contributed by atoms with Crippen LogP contribution in [0.5, 0.6) is 11.5 Å². The van der Waals surface area contributed by atoms with Crippen LogP contribution >= 0.6 is 0 Å². The highest BCUT2D eigenvalue weighted by molar-refractivity contribution is 7.89. The third-order valence-corrected chi connectivity index (χ3v) is 10.5. The minimum atomic E-state index is -3.70. The predicted molar refractivity (Wildman–Crippen MR) is 188 cm³/mol. The van der Waals surface area contributed by atoms with Gasteiger partial charge in [-0.2, -0.15) is 0 Å². The molecule has 0 saturated carbocycles. The molecule has 0 bridgehead atoms. The minimum absolute atomic E-state index is 0.221. The molecule has 47 heavy (non-hydrogen) atoms. The summed E-state index contributed by atoms with van der Waals surface area (Å²) in [4.78, 5) is 0.253. The first kappa shape index (κ1) is 30.5. The fourth-order valence-electron chi connectivity index (χ4n) is 6.78. The van der Waals surface area contributed by atoms with E-state index in [1.807, 2.05) is 49.4 Å². The van der Waals surface area contributed by atoms with Gasteiger partial charge in [-0.3, -0.25) is 0 Å². The van der Waals surface area contributed by atoms with E-state index in [0.717, 1.165) is 61.5 Å². The average Bonchev–Trinajstić information content (AvgIpc) is 3.63. The monoisotopic (exact) mass is 640 g/mol. The number of ether oxygens (including phenoxy) is 2. The molecule has 0 fully saturated rings. The van der Waals surface area contributed by atoms with Crippen molar-refractivity contribution in [1.82, 2.24) is 9.29 Å². The van der Waals surface area contributed by atoms with Crippen LogP contribution in [-0.4, -0.2) is 33.7 Å². The van der Waals surface area contributed by atoms with Gasteiger partial charge in [-0.1, -0.05) is 90.5 Å². The van der Waals surface area contributed by atoms with E-state index < -0.39 is 15.6 Å². The number of nitrogens with zero attached hydrogens (tertiary/aromatic N) is 1. The number of sulfonamides is 1. The molecule has 1 N–H and O–H groups in total. The van der Waals surface area contributed by atoms with E-state index in [2.05, 4.69) is 88.2 Å². The molecule has 0 atom stereocenters. The summed E-state index contributed by atoms with van der Waals surface area (Å²) >= 11 is 0. The standard InChI is InChI=1S/C40H36N2O4S/c1-28-14-21-34(22-15-28)47(43,44)41-25-24-35-36-26-33(46-3)20-23-38(36)42-39(35)37(29-16-18-32(45-2)19-17-29)27-40(42,30-10-6-4-7-11-30)31-12-8-5-9-13-31/h4-23,26-27,41H,24-25H2,1-3H3. The summed E-state index contributed by atoms with van der Waals surface area (Å²) in [5.74, 6) is 1.52. The van der Waals surface area contributed by atoms with Crippen LogP contribution in [0.2, 0.25) is 0 Å². The fourth-order valence-corrected chi connectivity index (χ4v) is 7.82. The van der Waals surface area contributed by atoms with Gasteiger partial charge in [-0.25, -0.2) is 13.1 Å². The summed E-state index contributed by atoms with van der Waals surface area (Å²) in [5.41, 5.74) is 7.78. The Bertz CT molecular complexity index is 2150. The Kier molecular flexibility index (Phi) is 7.96. The maximum atomic E-state index is 13.3. The van der Waals surface area contributed by atoms with Crippen LogP contribution < -0.4 is 14.2 Å². The smallest absolute Gasteiger partial charge is 0.240 e. The third-order valence-electron chi connectivity index (χ3n) is 9.07. The van der Waals surface area contributed by atoms with Crippen molar-refractivity contribution in [2.75, 3.05) is 20.8 Å². The summed E-state index contributed by atoms with van der Waals surface area (Å²) in [5, 5.41) is 1.02. The van der Waals surface area contributed by atoms with Gasteiger partial charge in [0.25, 0.3) is 0 Å². The van der Waals surface area contributed by atoms with E-state index in [4.69, 9.17) is 9.47 Å². The topological polar surface area (TPSA) is 69.6 Å². The minimum Gasteiger partial charge on any atom is -0.497 e. The van der Waals surface area contributed by atoms with Crippen molar-refractivity contribution in [3.8, 4) is 11.5 Å². The molecule has 7 rings (SSSR count). The van der Waals surface area contributed by atoms with Crippen LogP contribution in [0.4, 0.5) is 0 Å². The van der Waals surface area contributed by atoms with Gasteiger partial charge in [-0.15, -0.1) is 0 Å². The molecule has 0 unspecified atom stereocenters. The van der Waals surface area contributed by atoms with E-state index in [9.17, 15) is 8.42 Å². The first-order valence-corrected chi connectivity index (χ1v) is 17.1. The van der Waals surface area contributed by atoms with Crippen molar-refractivity contribution in [2.24, 2.45) is 0 Å². The van der Waals surface area contributed by atoms with Crippen molar-refractivity contribution in [3.63, 3.8) is 0 Å². The lowest BCUT2D eigenvalue weighted by atomic mass is 9.82. The molecule has 5 aromatic carbocycles. The van der Waals surface area contributed by atoms with Crippen molar-refractivity contribution < 1.29 is 17.9 Å². The van der Waals surface area contributed by atoms with Crippen LogP contribution in [-0.2, 0) is 22.0 Å². The largest absolute Gasteiger partial charge is 0.497 e. The zero-order valence-corrected chi connectivity index (χ0v) is 27.4. The summed E-state index contributed by atoms with van der Waals surface area (Å²) in [6.07, 6.45) is 2.82. The SMILES string of the molecule is COc1ccc(C2=CC(c3ccccc3)(c3ccccc3)n3c2c(CCNS(=O)(=O)c2ccc(C)cc2)c2cc(OC)ccc23)cc1. The number of aromatic nitrogens is 1. The lowest BCUT2D eigenvalue weighted by molar-refractivity contribution is 0.415. The highest BCUT2D eigenvalue weighted by Gasteiger charge is 2.44. The Morgan fingerprint density at radius 3 is 1.91 bits per heavy atom. The molecule has 6 aromatic rings. The van der Waals surface area contributed by atoms with Gasteiger partial charge in [0.15, 0.2) is 0 Å². The number of allylic oxidation sites excluding steroid dienone is 1. The molecule has 1 aromatic heterocycles. The molecular formula is C40H36N2O4S. The van der Waals surface area contributed by atoms with E-state index in [1.165, 1.54) is 0 Å². The zero-order valence-electron chi connectivity index (χ0n) is 26.6. The second-order valence-corrected chi connectivity index (χ2v) is 13.6. The Hall–Kier alpha value is -5.11. The molecule has 0 saturated heterocycles. The number of hydrogen-bond acceptors (Lipinski definition) is 4. The summed E-state index contributed by atoms with van der Waals surface area (Å²) < 4.78 is 43.2. The normalized spacial score (nSPS) is 13.7. The summed E-state index contributed by atoms with van der Waals surface area (Å²) in [6.45, 7) is 2.16. The second kappa shape index (κ2) is 12.2. The number of rotatable bonds is 10. The highest BCUT2D eigenvalue weighted by atomic mass is 32.2. The molecule has 0 amide bonds. The van der Waals surface area contributed by atoms with Crippen molar-refractivity contribution in [2.45, 2.75) is 23.8 Å². The van der Waals surface area contributed by atoms with Crippen LogP contribution in [0.1, 0.15) is 33.5 Å². The van der Waals surface area contributed by atoms with Crippen molar-refractivity contribution >= 4 is 26.5 Å². The van der Waals surface area contributed by atoms with Crippen LogP contribution in [0.25, 0.3) is 16.5 Å². The molecule has 0 radical (unpaired) electrons. The summed E-state index contributed by atoms with van der Waals surface area (Å²) in [6, 6.07) is 42.3. The van der Waals surface area contributed by atoms with Crippen molar-refractivity contribution in [3.05, 3.63) is 167 Å². The van der Waals surface area contributed by atoms with Gasteiger partial charge in [0.1, 0.15) is 17.0 Å². The Labute approximate surface area is 276 Å². The fraction of sp³-hybridized carbons (Fsp3) is 0.150. The molecule has 1 aliphatic rings. The lowest BCUT2D eigenvalue weighted by Gasteiger charge is -2.33. The Morgan fingerprint density at radius 2 is 1.32 bits per heavy atom. The zero-order chi connectivity index (χ0) is 32.6. The second-order valence-electron chi connectivity index (χ2n) is 11.8. The van der Waals surface area contributed by atoms with Gasteiger partial charge in [0, 0.05) is 17.5 Å². The lowest BCUT2D eigenvalue weighted by Crippen LogP contribution is -2.32. The number of fused-ring (bicyclic) bond motifs is 3.